The number of rotatable bonds is 5. The van der Waals surface area contributed by atoms with Crippen molar-refractivity contribution < 1.29 is 9.66 Å². The second-order valence-electron chi connectivity index (χ2n) is 6.55. The fourth-order valence-electron chi connectivity index (χ4n) is 3.24. The molecule has 1 aliphatic heterocycles. The largest absolute Gasteiger partial charge is 0.497 e. The number of nitrogens with zero attached hydrogens (tertiary/aromatic N) is 3. The number of benzene rings is 3. The molecule has 4 rings (SSSR count). The van der Waals surface area contributed by atoms with Crippen LogP contribution in [0.2, 0.25) is 0 Å². The highest BCUT2D eigenvalue weighted by molar-refractivity contribution is 6.09. The van der Waals surface area contributed by atoms with Gasteiger partial charge in [-0.15, -0.1) is 0 Å². The summed E-state index contributed by atoms with van der Waals surface area (Å²) < 4.78 is 5.26. The first-order valence-electron chi connectivity index (χ1n) is 9.15. The molecule has 1 unspecified atom stereocenters. The maximum atomic E-state index is 11.0. The van der Waals surface area contributed by atoms with Crippen LogP contribution in [-0.4, -0.2) is 17.7 Å². The molecule has 3 aromatic carbocycles. The molecule has 144 valence electrons. The van der Waals surface area contributed by atoms with Crippen LogP contribution in [0.25, 0.3) is 0 Å². The van der Waals surface area contributed by atoms with E-state index in [0.29, 0.717) is 0 Å². The number of anilines is 1. The molecule has 0 radical (unpaired) electrons. The molecule has 0 saturated carbocycles. The lowest BCUT2D eigenvalue weighted by molar-refractivity contribution is -0.384. The molecule has 1 heterocycles. The number of hydrazone groups is 1. The summed E-state index contributed by atoms with van der Waals surface area (Å²) in [5.41, 5.74) is 3.69. The minimum atomic E-state index is -0.403. The molecule has 0 fully saturated rings. The van der Waals surface area contributed by atoms with Gasteiger partial charge in [0, 0.05) is 17.7 Å². The van der Waals surface area contributed by atoms with E-state index in [9.17, 15) is 10.1 Å². The van der Waals surface area contributed by atoms with E-state index in [1.807, 2.05) is 65.7 Å². The van der Waals surface area contributed by atoms with Gasteiger partial charge in [-0.3, -0.25) is 15.1 Å². The Morgan fingerprint density at radius 1 is 0.966 bits per heavy atom. The third-order valence-corrected chi connectivity index (χ3v) is 4.77. The van der Waals surface area contributed by atoms with E-state index in [-0.39, 0.29) is 11.7 Å². The van der Waals surface area contributed by atoms with E-state index in [2.05, 4.69) is 6.08 Å². The average Bonchev–Trinajstić information content (AvgIpc) is 2.79. The molecule has 3 aromatic rings. The third-order valence-electron chi connectivity index (χ3n) is 4.77. The average molecular weight is 385 g/mol. The van der Waals surface area contributed by atoms with Crippen LogP contribution in [0, 0.1) is 10.1 Å². The van der Waals surface area contributed by atoms with E-state index in [0.717, 1.165) is 28.3 Å². The number of non-ortho nitro benzene ring substituents is 1. The lowest BCUT2D eigenvalue weighted by Crippen LogP contribution is -2.27. The molecule has 0 aromatic heterocycles. The maximum Gasteiger partial charge on any atom is 0.269 e. The number of allylic oxidation sites excluding steroid dienone is 1. The minimum absolute atomic E-state index is 0.0505. The summed E-state index contributed by atoms with van der Waals surface area (Å²) >= 11 is 0. The van der Waals surface area contributed by atoms with Gasteiger partial charge in [-0.1, -0.05) is 48.5 Å². The van der Waals surface area contributed by atoms with Gasteiger partial charge in [0.2, 0.25) is 0 Å². The number of nitro groups is 1. The Bertz CT molecular complexity index is 1060. The summed E-state index contributed by atoms with van der Waals surface area (Å²) in [4.78, 5) is 10.6. The first kappa shape index (κ1) is 18.4. The van der Waals surface area contributed by atoms with Crippen molar-refractivity contribution in [2.24, 2.45) is 5.10 Å². The molecular formula is C23H19N3O3. The Hall–Kier alpha value is -3.93. The van der Waals surface area contributed by atoms with Crippen LogP contribution in [0.4, 0.5) is 11.4 Å². The van der Waals surface area contributed by atoms with Crippen molar-refractivity contribution in [3.05, 3.63) is 112 Å². The lowest BCUT2D eigenvalue weighted by atomic mass is 10.0. The quantitative estimate of drug-likeness (QED) is 0.451. The van der Waals surface area contributed by atoms with Gasteiger partial charge in [0.15, 0.2) is 0 Å². The third kappa shape index (κ3) is 3.87. The van der Waals surface area contributed by atoms with Gasteiger partial charge in [0.1, 0.15) is 5.75 Å². The zero-order chi connectivity index (χ0) is 20.2. The van der Waals surface area contributed by atoms with Gasteiger partial charge in [-0.2, -0.15) is 5.10 Å². The van der Waals surface area contributed by atoms with E-state index in [1.54, 1.807) is 19.2 Å². The molecule has 0 saturated heterocycles. The first-order chi connectivity index (χ1) is 14.2. The Morgan fingerprint density at radius 2 is 1.66 bits per heavy atom. The number of nitro benzene ring substituents is 1. The molecule has 0 bridgehead atoms. The van der Waals surface area contributed by atoms with E-state index < -0.39 is 4.92 Å². The van der Waals surface area contributed by atoms with Crippen molar-refractivity contribution in [3.63, 3.8) is 0 Å². The van der Waals surface area contributed by atoms with Crippen molar-refractivity contribution in [3.8, 4) is 5.75 Å². The van der Waals surface area contributed by atoms with Crippen molar-refractivity contribution in [2.45, 2.75) is 6.04 Å². The molecule has 0 aliphatic carbocycles. The molecule has 0 N–H and O–H groups in total. The smallest absolute Gasteiger partial charge is 0.269 e. The van der Waals surface area contributed by atoms with Gasteiger partial charge in [-0.05, 0) is 35.9 Å². The van der Waals surface area contributed by atoms with Crippen LogP contribution in [0.1, 0.15) is 17.2 Å². The predicted molar refractivity (Wildman–Crippen MR) is 113 cm³/mol. The van der Waals surface area contributed by atoms with Gasteiger partial charge in [0.05, 0.1) is 29.5 Å². The molecule has 0 amide bonds. The Morgan fingerprint density at radius 3 is 2.28 bits per heavy atom. The number of hydrogen-bond donors (Lipinski definition) is 0. The van der Waals surface area contributed by atoms with Crippen molar-refractivity contribution in [1.29, 1.82) is 0 Å². The SMILES string of the molecule is COc1ccc(C2C=CC(c3ccccc3)=NN2c2ccc([N+](=O)[O-])cc2)cc1. The van der Waals surface area contributed by atoms with Crippen LogP contribution in [0.15, 0.2) is 96.1 Å². The molecular weight excluding hydrogens is 366 g/mol. The monoisotopic (exact) mass is 385 g/mol. The summed E-state index contributed by atoms with van der Waals surface area (Å²) in [6.45, 7) is 0. The van der Waals surface area contributed by atoms with Gasteiger partial charge < -0.3 is 4.74 Å². The van der Waals surface area contributed by atoms with Gasteiger partial charge in [0.25, 0.3) is 5.69 Å². The lowest BCUT2D eigenvalue weighted by Gasteiger charge is -2.31. The highest BCUT2D eigenvalue weighted by atomic mass is 16.6. The number of methoxy groups -OCH3 is 1. The molecule has 1 aliphatic rings. The highest BCUT2D eigenvalue weighted by Crippen LogP contribution is 2.33. The first-order valence-corrected chi connectivity index (χ1v) is 9.15. The Labute approximate surface area is 168 Å². The van der Waals surface area contributed by atoms with Gasteiger partial charge in [-0.25, -0.2) is 0 Å². The maximum absolute atomic E-state index is 11.0. The Balaban J connectivity index is 1.75. The van der Waals surface area contributed by atoms with E-state index >= 15 is 0 Å². The zero-order valence-corrected chi connectivity index (χ0v) is 15.8. The van der Waals surface area contributed by atoms with Crippen LogP contribution >= 0.6 is 0 Å². The van der Waals surface area contributed by atoms with Crippen LogP contribution in [0.3, 0.4) is 0 Å². The normalized spacial score (nSPS) is 15.7. The fourth-order valence-corrected chi connectivity index (χ4v) is 3.24. The molecule has 29 heavy (non-hydrogen) atoms. The molecule has 6 heteroatoms. The standard InChI is InChI=1S/C23H19N3O3/c1-29-21-13-7-18(8-14-21)23-16-15-22(17-5-3-2-4-6-17)24-25(23)19-9-11-20(12-10-19)26(27)28/h2-16,23H,1H3. The topological polar surface area (TPSA) is 68.0 Å². The highest BCUT2D eigenvalue weighted by Gasteiger charge is 2.23. The van der Waals surface area contributed by atoms with Crippen molar-refractivity contribution >= 4 is 17.1 Å². The zero-order valence-electron chi connectivity index (χ0n) is 15.8. The molecule has 0 spiro atoms. The van der Waals surface area contributed by atoms with Crippen LogP contribution < -0.4 is 9.75 Å². The van der Waals surface area contributed by atoms with Crippen LogP contribution in [0.5, 0.6) is 5.75 Å². The summed E-state index contributed by atoms with van der Waals surface area (Å²) in [5.74, 6) is 0.781. The summed E-state index contributed by atoms with van der Waals surface area (Å²) in [6, 6.07) is 24.0. The minimum Gasteiger partial charge on any atom is -0.497 e. The van der Waals surface area contributed by atoms with Crippen LogP contribution in [-0.2, 0) is 0 Å². The molecule has 1 atom stereocenters. The fraction of sp³-hybridized carbons (Fsp3) is 0.0870. The number of hydrogen-bond acceptors (Lipinski definition) is 5. The summed E-state index contributed by atoms with van der Waals surface area (Å²) in [7, 11) is 1.63. The van der Waals surface area contributed by atoms with E-state index in [1.165, 1.54) is 12.1 Å². The second kappa shape index (κ2) is 7.98. The van der Waals surface area contributed by atoms with Gasteiger partial charge >= 0.3 is 0 Å². The number of ether oxygens (including phenoxy) is 1. The summed E-state index contributed by atoms with van der Waals surface area (Å²) in [6.07, 6.45) is 4.09. The Kier molecular flexibility index (Phi) is 5.07. The summed E-state index contributed by atoms with van der Waals surface area (Å²) in [5, 5.41) is 17.8. The predicted octanol–water partition coefficient (Wildman–Crippen LogP) is 5.13. The van der Waals surface area contributed by atoms with Crippen molar-refractivity contribution in [1.82, 2.24) is 0 Å². The molecule has 6 nitrogen and oxygen atoms in total. The van der Waals surface area contributed by atoms with E-state index in [4.69, 9.17) is 9.84 Å². The second-order valence-corrected chi connectivity index (χ2v) is 6.55. The van der Waals surface area contributed by atoms with Crippen molar-refractivity contribution in [2.75, 3.05) is 12.1 Å².